The van der Waals surface area contributed by atoms with Crippen LogP contribution in [-0.2, 0) is 0 Å². The number of rotatable bonds is 7. The first-order valence-electron chi connectivity index (χ1n) is 7.09. The van der Waals surface area contributed by atoms with E-state index < -0.39 is 0 Å². The van der Waals surface area contributed by atoms with Crippen molar-refractivity contribution < 1.29 is 9.47 Å². The molecule has 0 saturated carbocycles. The zero-order valence-corrected chi connectivity index (χ0v) is 12.8. The Kier molecular flexibility index (Phi) is 6.16. The molecule has 1 rings (SSSR count). The molecule has 0 spiro atoms. The molecule has 0 saturated heterocycles. The van der Waals surface area contributed by atoms with Crippen molar-refractivity contribution in [2.45, 2.75) is 52.7 Å². The summed E-state index contributed by atoms with van der Waals surface area (Å²) in [5, 5.41) is 3.48. The van der Waals surface area contributed by atoms with E-state index in [1.807, 2.05) is 31.2 Å². The summed E-state index contributed by atoms with van der Waals surface area (Å²) in [6, 6.07) is 7.83. The molecule has 0 radical (unpaired) electrons. The largest absolute Gasteiger partial charge is 0.494 e. The van der Waals surface area contributed by atoms with Crippen LogP contribution in [0.25, 0.3) is 0 Å². The Morgan fingerprint density at radius 3 is 2.42 bits per heavy atom. The highest BCUT2D eigenvalue weighted by atomic mass is 16.5. The molecule has 1 N–H and O–H groups in total. The van der Waals surface area contributed by atoms with Crippen LogP contribution in [0.15, 0.2) is 24.3 Å². The van der Waals surface area contributed by atoms with Crippen LogP contribution in [0.1, 0.15) is 41.0 Å². The monoisotopic (exact) mass is 265 g/mol. The minimum atomic E-state index is 0.115. The molecule has 0 aromatic heterocycles. The maximum absolute atomic E-state index is 6.00. The Morgan fingerprint density at radius 2 is 1.84 bits per heavy atom. The number of nitrogens with one attached hydrogen (secondary N) is 1. The first-order chi connectivity index (χ1) is 8.94. The van der Waals surface area contributed by atoms with E-state index in [-0.39, 0.29) is 11.6 Å². The maximum Gasteiger partial charge on any atom is 0.123 e. The number of hydrogen-bond acceptors (Lipinski definition) is 3. The fraction of sp³-hybridized carbons (Fsp3) is 0.625. The van der Waals surface area contributed by atoms with Crippen molar-refractivity contribution in [1.29, 1.82) is 0 Å². The Hall–Kier alpha value is -1.22. The molecule has 1 aromatic carbocycles. The molecule has 0 aliphatic rings. The summed E-state index contributed by atoms with van der Waals surface area (Å²) in [5.41, 5.74) is 0.115. The fourth-order valence-corrected chi connectivity index (χ4v) is 1.69. The highest BCUT2D eigenvalue weighted by Crippen LogP contribution is 2.21. The van der Waals surface area contributed by atoms with Crippen LogP contribution < -0.4 is 14.8 Å². The maximum atomic E-state index is 6.00. The Bertz CT molecular complexity index is 371. The van der Waals surface area contributed by atoms with E-state index in [1.54, 1.807) is 0 Å². The van der Waals surface area contributed by atoms with Gasteiger partial charge in [0.2, 0.25) is 0 Å². The van der Waals surface area contributed by atoms with E-state index in [2.05, 4.69) is 33.0 Å². The molecular formula is C16H27NO2. The summed E-state index contributed by atoms with van der Waals surface area (Å²) in [6.45, 7) is 12.1. The SMILES string of the molecule is CCOc1cccc(OC(CC)CNC(C)(C)C)c1. The first kappa shape index (κ1) is 15.8. The minimum absolute atomic E-state index is 0.115. The smallest absolute Gasteiger partial charge is 0.123 e. The van der Waals surface area contributed by atoms with Crippen molar-refractivity contribution in [2.24, 2.45) is 0 Å². The van der Waals surface area contributed by atoms with Gasteiger partial charge in [0.1, 0.15) is 17.6 Å². The van der Waals surface area contributed by atoms with Crippen LogP contribution in [0.2, 0.25) is 0 Å². The van der Waals surface area contributed by atoms with Crippen LogP contribution in [0.3, 0.4) is 0 Å². The average molecular weight is 265 g/mol. The Balaban J connectivity index is 2.57. The predicted molar refractivity (Wildman–Crippen MR) is 80.1 cm³/mol. The third kappa shape index (κ3) is 6.48. The van der Waals surface area contributed by atoms with Crippen LogP contribution >= 0.6 is 0 Å². The van der Waals surface area contributed by atoms with Crippen LogP contribution in [0.4, 0.5) is 0 Å². The van der Waals surface area contributed by atoms with Gasteiger partial charge in [0, 0.05) is 18.2 Å². The molecule has 1 unspecified atom stereocenters. The Morgan fingerprint density at radius 1 is 1.16 bits per heavy atom. The minimum Gasteiger partial charge on any atom is -0.494 e. The third-order valence-corrected chi connectivity index (χ3v) is 2.73. The van der Waals surface area contributed by atoms with Crippen molar-refractivity contribution in [2.75, 3.05) is 13.2 Å². The summed E-state index contributed by atoms with van der Waals surface area (Å²) < 4.78 is 11.5. The number of hydrogen-bond donors (Lipinski definition) is 1. The van der Waals surface area contributed by atoms with Gasteiger partial charge < -0.3 is 14.8 Å². The molecule has 108 valence electrons. The lowest BCUT2D eigenvalue weighted by molar-refractivity contribution is 0.180. The third-order valence-electron chi connectivity index (χ3n) is 2.73. The lowest BCUT2D eigenvalue weighted by Gasteiger charge is -2.25. The zero-order chi connectivity index (χ0) is 14.3. The second-order valence-corrected chi connectivity index (χ2v) is 5.69. The zero-order valence-electron chi connectivity index (χ0n) is 12.8. The topological polar surface area (TPSA) is 30.5 Å². The van der Waals surface area contributed by atoms with E-state index in [1.165, 1.54) is 0 Å². The quantitative estimate of drug-likeness (QED) is 0.816. The lowest BCUT2D eigenvalue weighted by Crippen LogP contribution is -2.42. The Labute approximate surface area is 117 Å². The molecule has 0 bridgehead atoms. The second kappa shape index (κ2) is 7.39. The molecule has 3 nitrogen and oxygen atoms in total. The highest BCUT2D eigenvalue weighted by Gasteiger charge is 2.14. The highest BCUT2D eigenvalue weighted by molar-refractivity contribution is 5.33. The van der Waals surface area contributed by atoms with E-state index >= 15 is 0 Å². The first-order valence-corrected chi connectivity index (χ1v) is 7.09. The van der Waals surface area contributed by atoms with Gasteiger partial charge in [-0.25, -0.2) is 0 Å². The van der Waals surface area contributed by atoms with Crippen LogP contribution in [-0.4, -0.2) is 24.8 Å². The fourth-order valence-electron chi connectivity index (χ4n) is 1.69. The summed E-state index contributed by atoms with van der Waals surface area (Å²) in [7, 11) is 0. The van der Waals surface area contributed by atoms with Gasteiger partial charge >= 0.3 is 0 Å². The number of benzene rings is 1. The second-order valence-electron chi connectivity index (χ2n) is 5.69. The molecule has 0 aliphatic carbocycles. The van der Waals surface area contributed by atoms with Gasteiger partial charge in [-0.05, 0) is 46.2 Å². The van der Waals surface area contributed by atoms with Crippen LogP contribution in [0, 0.1) is 0 Å². The summed E-state index contributed by atoms with van der Waals surface area (Å²) >= 11 is 0. The van der Waals surface area contributed by atoms with Gasteiger partial charge in [-0.1, -0.05) is 13.0 Å². The van der Waals surface area contributed by atoms with Crippen molar-refractivity contribution in [3.63, 3.8) is 0 Å². The van der Waals surface area contributed by atoms with Crippen molar-refractivity contribution in [3.8, 4) is 11.5 Å². The average Bonchev–Trinajstić information content (AvgIpc) is 2.34. The summed E-state index contributed by atoms with van der Waals surface area (Å²) in [6.07, 6.45) is 1.15. The van der Waals surface area contributed by atoms with Gasteiger partial charge in [0.15, 0.2) is 0 Å². The number of ether oxygens (including phenoxy) is 2. The van der Waals surface area contributed by atoms with Crippen molar-refractivity contribution in [1.82, 2.24) is 5.32 Å². The van der Waals surface area contributed by atoms with E-state index in [4.69, 9.17) is 9.47 Å². The molecule has 0 fully saturated rings. The van der Waals surface area contributed by atoms with Crippen LogP contribution in [0.5, 0.6) is 11.5 Å². The van der Waals surface area contributed by atoms with Gasteiger partial charge in [0.05, 0.1) is 6.61 Å². The molecule has 19 heavy (non-hydrogen) atoms. The van der Waals surface area contributed by atoms with Crippen molar-refractivity contribution >= 4 is 0 Å². The van der Waals surface area contributed by atoms with Gasteiger partial charge in [-0.15, -0.1) is 0 Å². The molecule has 3 heteroatoms. The molecule has 1 aromatic rings. The summed E-state index contributed by atoms with van der Waals surface area (Å²) in [5.74, 6) is 1.73. The molecule has 0 amide bonds. The van der Waals surface area contributed by atoms with Gasteiger partial charge in [-0.2, -0.15) is 0 Å². The van der Waals surface area contributed by atoms with E-state index in [0.29, 0.717) is 6.61 Å². The van der Waals surface area contributed by atoms with Gasteiger partial charge in [0.25, 0.3) is 0 Å². The van der Waals surface area contributed by atoms with Gasteiger partial charge in [-0.3, -0.25) is 0 Å². The standard InChI is InChI=1S/C16H27NO2/c1-6-13(12-17-16(3,4)5)19-15-10-8-9-14(11-15)18-7-2/h8-11,13,17H,6-7,12H2,1-5H3. The molecular weight excluding hydrogens is 238 g/mol. The van der Waals surface area contributed by atoms with E-state index in [0.717, 1.165) is 24.5 Å². The summed E-state index contributed by atoms with van der Waals surface area (Å²) in [4.78, 5) is 0. The van der Waals surface area contributed by atoms with Crippen molar-refractivity contribution in [3.05, 3.63) is 24.3 Å². The molecule has 0 aliphatic heterocycles. The lowest BCUT2D eigenvalue weighted by atomic mass is 10.1. The van der Waals surface area contributed by atoms with E-state index in [9.17, 15) is 0 Å². The predicted octanol–water partition coefficient (Wildman–Crippen LogP) is 3.63. The normalized spacial score (nSPS) is 13.1. The molecule has 1 atom stereocenters. The molecule has 0 heterocycles.